The Kier molecular flexibility index (Phi) is 5.57. The highest BCUT2D eigenvalue weighted by Gasteiger charge is 2.04. The first kappa shape index (κ1) is 16.4. The van der Waals surface area contributed by atoms with Gasteiger partial charge in [-0.05, 0) is 48.4 Å². The second-order valence-corrected chi connectivity index (χ2v) is 4.80. The average molecular weight is 314 g/mol. The van der Waals surface area contributed by atoms with Gasteiger partial charge in [0.1, 0.15) is 5.75 Å². The number of carbonyl (C=O) groups excluding carboxylic acids is 1. The largest absolute Gasteiger partial charge is 0.508 e. The maximum Gasteiger partial charge on any atom is 0.244 e. The van der Waals surface area contributed by atoms with Crippen LogP contribution in [0, 0.1) is 0 Å². The van der Waals surface area contributed by atoms with E-state index in [4.69, 9.17) is 4.74 Å². The van der Waals surface area contributed by atoms with Crippen LogP contribution in [0.2, 0.25) is 0 Å². The highest BCUT2D eigenvalue weighted by atomic mass is 16.5. The molecule has 6 nitrogen and oxygen atoms in total. The van der Waals surface area contributed by atoms with Crippen LogP contribution in [-0.2, 0) is 11.2 Å². The molecular weight excluding hydrogens is 296 g/mol. The summed E-state index contributed by atoms with van der Waals surface area (Å²) in [6, 6.07) is 11.3. The number of nitrogens with zero attached hydrogens (tertiary/aromatic N) is 1. The zero-order valence-corrected chi connectivity index (χ0v) is 12.7. The van der Waals surface area contributed by atoms with Crippen LogP contribution in [0.3, 0.4) is 0 Å². The van der Waals surface area contributed by atoms with Gasteiger partial charge in [-0.2, -0.15) is 5.10 Å². The summed E-state index contributed by atoms with van der Waals surface area (Å²) in [6.07, 6.45) is 1.58. The van der Waals surface area contributed by atoms with Gasteiger partial charge in [0, 0.05) is 0 Å². The molecule has 0 aromatic heterocycles. The Labute approximate surface area is 134 Å². The molecule has 6 heteroatoms. The van der Waals surface area contributed by atoms with Gasteiger partial charge in [0.2, 0.25) is 5.91 Å². The number of ether oxygens (including phenoxy) is 1. The van der Waals surface area contributed by atoms with Crippen molar-refractivity contribution >= 4 is 12.1 Å². The van der Waals surface area contributed by atoms with Crippen molar-refractivity contribution in [2.24, 2.45) is 5.10 Å². The molecule has 0 bridgehead atoms. The van der Waals surface area contributed by atoms with E-state index < -0.39 is 0 Å². The molecule has 0 unspecified atom stereocenters. The molecule has 0 fully saturated rings. The Morgan fingerprint density at radius 1 is 1.26 bits per heavy atom. The van der Waals surface area contributed by atoms with Crippen molar-refractivity contribution < 1.29 is 19.7 Å². The Hall–Kier alpha value is -3.02. The Balaban J connectivity index is 1.93. The van der Waals surface area contributed by atoms with Crippen LogP contribution in [-0.4, -0.2) is 28.9 Å². The smallest absolute Gasteiger partial charge is 0.244 e. The molecule has 0 aliphatic carbocycles. The molecule has 0 aliphatic rings. The minimum Gasteiger partial charge on any atom is -0.508 e. The topological polar surface area (TPSA) is 91.2 Å². The maximum absolute atomic E-state index is 11.8. The van der Waals surface area contributed by atoms with Crippen LogP contribution in [0.4, 0.5) is 0 Å². The quantitative estimate of drug-likeness (QED) is 0.563. The number of hydrazone groups is 1. The van der Waals surface area contributed by atoms with Crippen molar-refractivity contribution in [1.29, 1.82) is 0 Å². The third-order valence-electron chi connectivity index (χ3n) is 2.96. The number of carbonyl (C=O) groups is 1. The monoisotopic (exact) mass is 314 g/mol. The van der Waals surface area contributed by atoms with Crippen molar-refractivity contribution in [1.82, 2.24) is 5.43 Å². The molecule has 0 saturated heterocycles. The number of amides is 1. The van der Waals surface area contributed by atoms with E-state index >= 15 is 0 Å². The molecule has 23 heavy (non-hydrogen) atoms. The lowest BCUT2D eigenvalue weighted by Crippen LogP contribution is -2.19. The fraction of sp³-hybridized carbons (Fsp3) is 0.176. The number of hydrogen-bond donors (Lipinski definition) is 3. The van der Waals surface area contributed by atoms with E-state index in [1.165, 1.54) is 18.3 Å². The molecule has 0 radical (unpaired) electrons. The number of rotatable bonds is 6. The number of phenols is 2. The van der Waals surface area contributed by atoms with Gasteiger partial charge in [-0.25, -0.2) is 5.43 Å². The third kappa shape index (κ3) is 5.03. The summed E-state index contributed by atoms with van der Waals surface area (Å²) in [5.74, 6) is 0.237. The lowest BCUT2D eigenvalue weighted by Gasteiger charge is -2.06. The SMILES string of the molecule is CCOc1cc(/C=N/NC(=O)Cc2cccc(O)c2)ccc1O. The lowest BCUT2D eigenvalue weighted by molar-refractivity contribution is -0.120. The van der Waals surface area contributed by atoms with Crippen LogP contribution in [0.25, 0.3) is 0 Å². The van der Waals surface area contributed by atoms with Gasteiger partial charge in [0.05, 0.1) is 19.2 Å². The molecule has 0 spiro atoms. The highest BCUT2D eigenvalue weighted by Crippen LogP contribution is 2.26. The summed E-state index contributed by atoms with van der Waals surface area (Å²) in [5, 5.41) is 22.8. The van der Waals surface area contributed by atoms with Crippen LogP contribution in [0.5, 0.6) is 17.2 Å². The summed E-state index contributed by atoms with van der Waals surface area (Å²) in [4.78, 5) is 11.8. The van der Waals surface area contributed by atoms with Crippen molar-refractivity contribution in [2.45, 2.75) is 13.3 Å². The summed E-state index contributed by atoms with van der Waals surface area (Å²) in [5.41, 5.74) is 3.79. The lowest BCUT2D eigenvalue weighted by atomic mass is 10.1. The Morgan fingerprint density at radius 2 is 2.09 bits per heavy atom. The van der Waals surface area contributed by atoms with Crippen molar-refractivity contribution in [3.8, 4) is 17.2 Å². The molecular formula is C17H18N2O4. The van der Waals surface area contributed by atoms with Gasteiger partial charge < -0.3 is 14.9 Å². The van der Waals surface area contributed by atoms with Crippen LogP contribution >= 0.6 is 0 Å². The van der Waals surface area contributed by atoms with Crippen LogP contribution in [0.15, 0.2) is 47.6 Å². The van der Waals surface area contributed by atoms with E-state index in [-0.39, 0.29) is 23.8 Å². The van der Waals surface area contributed by atoms with Gasteiger partial charge in [0.15, 0.2) is 11.5 Å². The molecule has 0 atom stereocenters. The maximum atomic E-state index is 11.8. The van der Waals surface area contributed by atoms with Gasteiger partial charge in [-0.15, -0.1) is 0 Å². The van der Waals surface area contributed by atoms with Crippen molar-refractivity contribution in [3.63, 3.8) is 0 Å². The second-order valence-electron chi connectivity index (χ2n) is 4.80. The molecule has 0 saturated carbocycles. The summed E-state index contributed by atoms with van der Waals surface area (Å²) < 4.78 is 5.27. The van der Waals surface area contributed by atoms with E-state index in [1.54, 1.807) is 30.3 Å². The predicted octanol–water partition coefficient (Wildman–Crippen LogP) is 2.19. The molecule has 3 N–H and O–H groups in total. The fourth-order valence-electron chi connectivity index (χ4n) is 1.95. The van der Waals surface area contributed by atoms with E-state index in [2.05, 4.69) is 10.5 Å². The fourth-order valence-corrected chi connectivity index (χ4v) is 1.95. The second kappa shape index (κ2) is 7.84. The molecule has 2 aromatic carbocycles. The minimum absolute atomic E-state index is 0.0527. The molecule has 0 aliphatic heterocycles. The summed E-state index contributed by atoms with van der Waals surface area (Å²) >= 11 is 0. The zero-order chi connectivity index (χ0) is 16.7. The number of phenolic OH excluding ortho intramolecular Hbond substituents is 2. The van der Waals surface area contributed by atoms with E-state index in [0.717, 1.165) is 0 Å². The van der Waals surface area contributed by atoms with Gasteiger partial charge >= 0.3 is 0 Å². The first-order valence-electron chi connectivity index (χ1n) is 7.14. The molecule has 2 aromatic rings. The number of aromatic hydroxyl groups is 2. The number of hydrogen-bond acceptors (Lipinski definition) is 5. The van der Waals surface area contributed by atoms with Crippen LogP contribution < -0.4 is 10.2 Å². The van der Waals surface area contributed by atoms with Crippen LogP contribution in [0.1, 0.15) is 18.1 Å². The number of nitrogens with one attached hydrogen (secondary N) is 1. The molecule has 1 amide bonds. The highest BCUT2D eigenvalue weighted by molar-refractivity contribution is 5.84. The van der Waals surface area contributed by atoms with Gasteiger partial charge in [-0.1, -0.05) is 12.1 Å². The first-order chi connectivity index (χ1) is 11.1. The molecule has 2 rings (SSSR count). The molecule has 120 valence electrons. The van der Waals surface area contributed by atoms with E-state index in [9.17, 15) is 15.0 Å². The first-order valence-corrected chi connectivity index (χ1v) is 7.14. The summed E-state index contributed by atoms with van der Waals surface area (Å²) in [7, 11) is 0. The Bertz CT molecular complexity index is 713. The normalized spacial score (nSPS) is 10.7. The standard InChI is InChI=1S/C17H18N2O4/c1-2-23-16-9-13(6-7-15(16)21)11-18-19-17(22)10-12-4-3-5-14(20)8-12/h3-9,11,20-21H,2,10H2,1H3,(H,19,22)/b18-11+. The Morgan fingerprint density at radius 3 is 2.83 bits per heavy atom. The van der Waals surface area contributed by atoms with Crippen molar-refractivity contribution in [3.05, 3.63) is 53.6 Å². The predicted molar refractivity (Wildman–Crippen MR) is 86.8 cm³/mol. The van der Waals surface area contributed by atoms with Crippen molar-refractivity contribution in [2.75, 3.05) is 6.61 Å². The average Bonchev–Trinajstić information content (AvgIpc) is 2.50. The molecule has 0 heterocycles. The zero-order valence-electron chi connectivity index (χ0n) is 12.7. The summed E-state index contributed by atoms with van der Waals surface area (Å²) in [6.45, 7) is 2.26. The number of benzene rings is 2. The third-order valence-corrected chi connectivity index (χ3v) is 2.96. The van der Waals surface area contributed by atoms with E-state index in [1.807, 2.05) is 6.92 Å². The minimum atomic E-state index is -0.296. The van der Waals surface area contributed by atoms with Gasteiger partial charge in [-0.3, -0.25) is 4.79 Å². The van der Waals surface area contributed by atoms with Gasteiger partial charge in [0.25, 0.3) is 0 Å². The van der Waals surface area contributed by atoms with E-state index in [0.29, 0.717) is 23.5 Å².